The van der Waals surface area contributed by atoms with E-state index in [2.05, 4.69) is 10.3 Å². The maximum Gasteiger partial charge on any atom is 0.259 e. The molecule has 1 fully saturated rings. The second kappa shape index (κ2) is 8.85. The van der Waals surface area contributed by atoms with Crippen LogP contribution in [0.1, 0.15) is 57.5 Å². The van der Waals surface area contributed by atoms with Crippen molar-refractivity contribution in [1.29, 1.82) is 0 Å². The minimum Gasteiger partial charge on any atom is -0.328 e. The highest BCUT2D eigenvalue weighted by Crippen LogP contribution is 2.52. The van der Waals surface area contributed by atoms with Crippen LogP contribution in [0.4, 0.5) is 11.5 Å². The summed E-state index contributed by atoms with van der Waals surface area (Å²) in [4.78, 5) is 32.3. The van der Waals surface area contributed by atoms with E-state index < -0.39 is 0 Å². The zero-order valence-electron chi connectivity index (χ0n) is 19.1. The van der Waals surface area contributed by atoms with Gasteiger partial charge in [-0.1, -0.05) is 29.8 Å². The highest BCUT2D eigenvalue weighted by atomic mass is 35.5. The smallest absolute Gasteiger partial charge is 0.259 e. The van der Waals surface area contributed by atoms with Gasteiger partial charge in [-0.3, -0.25) is 9.59 Å². The molecule has 174 valence electrons. The fourth-order valence-corrected chi connectivity index (χ4v) is 5.51. The topological polar surface area (TPSA) is 88.3 Å². The second-order valence-electron chi connectivity index (χ2n) is 9.37. The van der Waals surface area contributed by atoms with Crippen molar-refractivity contribution in [2.75, 3.05) is 16.8 Å². The summed E-state index contributed by atoms with van der Waals surface area (Å²) in [6.07, 6.45) is 5.23. The predicted molar refractivity (Wildman–Crippen MR) is 135 cm³/mol. The van der Waals surface area contributed by atoms with Crippen molar-refractivity contribution in [2.45, 2.75) is 44.1 Å². The molecule has 2 aliphatic rings. The standard InChI is InChI=1S/C27H27ClN4O2/c1-17-5-2-3-6-21(17)25(33)31-24-10-7-18(16-30-24)26(34)32-12-4-11-27(14-20(29)15-27)22-13-19(28)8-9-23(22)32/h2-3,5-10,13,16,20H,4,11-12,14-15,29H2,1H3,(H,30,31,33). The highest BCUT2D eigenvalue weighted by Gasteiger charge is 2.47. The number of carbonyl (C=O) groups excluding carboxylic acids is 2. The monoisotopic (exact) mass is 474 g/mol. The van der Waals surface area contributed by atoms with Gasteiger partial charge in [0.1, 0.15) is 5.82 Å². The van der Waals surface area contributed by atoms with Gasteiger partial charge in [0.2, 0.25) is 0 Å². The van der Waals surface area contributed by atoms with E-state index in [0.29, 0.717) is 28.5 Å². The van der Waals surface area contributed by atoms with Gasteiger partial charge in [-0.05, 0) is 80.1 Å². The quantitative estimate of drug-likeness (QED) is 0.553. The molecular weight excluding hydrogens is 448 g/mol. The number of rotatable bonds is 3. The molecule has 0 saturated heterocycles. The number of anilines is 2. The molecule has 0 atom stereocenters. The van der Waals surface area contributed by atoms with Crippen molar-refractivity contribution >= 4 is 34.9 Å². The number of nitrogens with one attached hydrogen (secondary N) is 1. The summed E-state index contributed by atoms with van der Waals surface area (Å²) in [5, 5.41) is 3.47. The molecule has 0 bridgehead atoms. The third-order valence-electron chi connectivity index (χ3n) is 7.05. The SMILES string of the molecule is Cc1ccccc1C(=O)Nc1ccc(C(=O)N2CCCC3(CC(N)C3)c3cc(Cl)ccc32)cn1. The van der Waals surface area contributed by atoms with E-state index in [0.717, 1.165) is 42.5 Å². The summed E-state index contributed by atoms with van der Waals surface area (Å²) in [7, 11) is 0. The fraction of sp³-hybridized carbons (Fsp3) is 0.296. The van der Waals surface area contributed by atoms with Gasteiger partial charge < -0.3 is 16.0 Å². The molecule has 6 nitrogen and oxygen atoms in total. The minimum atomic E-state index is -0.230. The first-order valence-electron chi connectivity index (χ1n) is 11.6. The summed E-state index contributed by atoms with van der Waals surface area (Å²) in [5.74, 6) is 0.0517. The molecule has 3 aromatic rings. The number of aromatic nitrogens is 1. The average Bonchev–Trinajstić information content (AvgIpc) is 2.96. The van der Waals surface area contributed by atoms with Gasteiger partial charge >= 0.3 is 0 Å². The Kier molecular flexibility index (Phi) is 5.88. The van der Waals surface area contributed by atoms with E-state index in [-0.39, 0.29) is 23.3 Å². The lowest BCUT2D eigenvalue weighted by Crippen LogP contribution is -2.49. The Hall–Kier alpha value is -3.22. The van der Waals surface area contributed by atoms with Crippen LogP contribution in [0.15, 0.2) is 60.8 Å². The number of pyridine rings is 1. The first-order valence-corrected chi connectivity index (χ1v) is 11.9. The molecule has 1 saturated carbocycles. The van der Waals surface area contributed by atoms with E-state index in [1.165, 1.54) is 6.20 Å². The van der Waals surface area contributed by atoms with Crippen molar-refractivity contribution in [1.82, 2.24) is 4.98 Å². The van der Waals surface area contributed by atoms with Crippen molar-refractivity contribution < 1.29 is 9.59 Å². The fourth-order valence-electron chi connectivity index (χ4n) is 5.34. The molecule has 7 heteroatoms. The molecule has 0 unspecified atom stereocenters. The molecule has 1 aliphatic heterocycles. The van der Waals surface area contributed by atoms with Crippen LogP contribution in [-0.4, -0.2) is 29.4 Å². The molecule has 2 aromatic carbocycles. The molecule has 0 radical (unpaired) electrons. The minimum absolute atomic E-state index is 0.00334. The Morgan fingerprint density at radius 2 is 1.94 bits per heavy atom. The Morgan fingerprint density at radius 1 is 1.15 bits per heavy atom. The largest absolute Gasteiger partial charge is 0.328 e. The lowest BCUT2D eigenvalue weighted by atomic mass is 9.59. The number of nitrogens with zero attached hydrogens (tertiary/aromatic N) is 2. The van der Waals surface area contributed by atoms with Crippen LogP contribution in [0.25, 0.3) is 0 Å². The van der Waals surface area contributed by atoms with Gasteiger partial charge in [-0.15, -0.1) is 0 Å². The Morgan fingerprint density at radius 3 is 2.65 bits per heavy atom. The Bertz CT molecular complexity index is 1250. The second-order valence-corrected chi connectivity index (χ2v) is 9.81. The molecule has 1 spiro atoms. The van der Waals surface area contributed by atoms with E-state index in [4.69, 9.17) is 17.3 Å². The molecule has 3 N–H and O–H groups in total. The molecule has 2 amide bonds. The van der Waals surface area contributed by atoms with Crippen LogP contribution < -0.4 is 16.0 Å². The van der Waals surface area contributed by atoms with Gasteiger partial charge in [-0.25, -0.2) is 4.98 Å². The third kappa shape index (κ3) is 4.08. The average molecular weight is 475 g/mol. The maximum absolute atomic E-state index is 13.5. The van der Waals surface area contributed by atoms with Gasteiger partial charge in [-0.2, -0.15) is 0 Å². The number of carbonyl (C=O) groups is 2. The lowest BCUT2D eigenvalue weighted by molar-refractivity contribution is 0.0985. The molecular formula is C27H27ClN4O2. The number of aryl methyl sites for hydroxylation is 1. The van der Waals surface area contributed by atoms with Crippen molar-refractivity contribution in [2.24, 2.45) is 5.73 Å². The Balaban J connectivity index is 1.38. The van der Waals surface area contributed by atoms with Crippen LogP contribution >= 0.6 is 11.6 Å². The number of amides is 2. The number of fused-ring (bicyclic) bond motifs is 2. The van der Waals surface area contributed by atoms with E-state index in [1.807, 2.05) is 48.2 Å². The van der Waals surface area contributed by atoms with Crippen LogP contribution in [0.3, 0.4) is 0 Å². The maximum atomic E-state index is 13.5. The van der Waals surface area contributed by atoms with E-state index in [9.17, 15) is 9.59 Å². The Labute approximate surface area is 204 Å². The van der Waals surface area contributed by atoms with Gasteiger partial charge in [0.25, 0.3) is 11.8 Å². The molecule has 1 aromatic heterocycles. The third-order valence-corrected chi connectivity index (χ3v) is 7.29. The van der Waals surface area contributed by atoms with Gasteiger partial charge in [0.15, 0.2) is 0 Å². The number of hydrogen-bond acceptors (Lipinski definition) is 4. The molecule has 5 rings (SSSR count). The summed E-state index contributed by atoms with van der Waals surface area (Å²) < 4.78 is 0. The van der Waals surface area contributed by atoms with Crippen LogP contribution in [0, 0.1) is 6.92 Å². The van der Waals surface area contributed by atoms with Gasteiger partial charge in [0.05, 0.1) is 5.56 Å². The van der Waals surface area contributed by atoms with E-state index >= 15 is 0 Å². The summed E-state index contributed by atoms with van der Waals surface area (Å²) >= 11 is 6.35. The lowest BCUT2D eigenvalue weighted by Gasteiger charge is -2.47. The van der Waals surface area contributed by atoms with Crippen molar-refractivity contribution in [3.05, 3.63) is 88.1 Å². The normalized spacial score (nSPS) is 21.4. The van der Waals surface area contributed by atoms with Crippen molar-refractivity contribution in [3.63, 3.8) is 0 Å². The number of benzene rings is 2. The van der Waals surface area contributed by atoms with Gasteiger partial charge in [0, 0.05) is 40.5 Å². The first kappa shape index (κ1) is 22.6. The zero-order valence-corrected chi connectivity index (χ0v) is 19.8. The highest BCUT2D eigenvalue weighted by molar-refractivity contribution is 6.30. The summed E-state index contributed by atoms with van der Waals surface area (Å²) in [6, 6.07) is 16.7. The predicted octanol–water partition coefficient (Wildman–Crippen LogP) is 5.10. The van der Waals surface area contributed by atoms with Crippen LogP contribution in [-0.2, 0) is 5.41 Å². The number of hydrogen-bond donors (Lipinski definition) is 2. The molecule has 34 heavy (non-hydrogen) atoms. The summed E-state index contributed by atoms with van der Waals surface area (Å²) in [5.41, 5.74) is 10.1. The molecule has 1 aliphatic carbocycles. The zero-order chi connectivity index (χ0) is 23.9. The van der Waals surface area contributed by atoms with E-state index in [1.54, 1.807) is 18.2 Å². The summed E-state index contributed by atoms with van der Waals surface area (Å²) in [6.45, 7) is 2.51. The van der Waals surface area contributed by atoms with Crippen LogP contribution in [0.2, 0.25) is 5.02 Å². The first-order chi connectivity index (χ1) is 16.4. The van der Waals surface area contributed by atoms with Crippen LogP contribution in [0.5, 0.6) is 0 Å². The number of halogens is 1. The van der Waals surface area contributed by atoms with Crippen molar-refractivity contribution in [3.8, 4) is 0 Å². The molecule has 2 heterocycles. The number of nitrogens with two attached hydrogens (primary N) is 1.